The highest BCUT2D eigenvalue weighted by Gasteiger charge is 2.28. The zero-order valence-corrected chi connectivity index (χ0v) is 17.1. The monoisotopic (exact) mass is 382 g/mol. The molecule has 1 heterocycles. The minimum Gasteiger partial charge on any atom is -0.358 e. The lowest BCUT2D eigenvalue weighted by Gasteiger charge is -2.37. The first-order chi connectivity index (χ1) is 13.1. The van der Waals surface area contributed by atoms with Crippen LogP contribution in [0.25, 0.3) is 0 Å². The van der Waals surface area contributed by atoms with Gasteiger partial charge in [0.2, 0.25) is 6.41 Å². The first kappa shape index (κ1) is 22.0. The highest BCUT2D eigenvalue weighted by atomic mass is 16.5. The predicted octanol–water partition coefficient (Wildman–Crippen LogP) is 2.31. The second-order valence-electron chi connectivity index (χ2n) is 8.15. The van der Waals surface area contributed by atoms with E-state index < -0.39 is 0 Å². The van der Waals surface area contributed by atoms with Crippen LogP contribution in [0, 0.1) is 0 Å². The van der Waals surface area contributed by atoms with Crippen LogP contribution in [0.4, 0.5) is 4.79 Å². The van der Waals surface area contributed by atoms with Crippen molar-refractivity contribution >= 4 is 12.4 Å². The van der Waals surface area contributed by atoms with Crippen LogP contribution >= 0.6 is 0 Å². The molecule has 1 aliphatic carbocycles. The molecule has 7 heteroatoms. The van der Waals surface area contributed by atoms with Crippen LogP contribution in [0.3, 0.4) is 0 Å². The second kappa shape index (κ2) is 12.2. The van der Waals surface area contributed by atoms with E-state index in [9.17, 15) is 9.59 Å². The van der Waals surface area contributed by atoms with E-state index in [1.807, 2.05) is 19.0 Å². The molecule has 3 amide bonds. The summed E-state index contributed by atoms with van der Waals surface area (Å²) >= 11 is 0. The van der Waals surface area contributed by atoms with Crippen LogP contribution in [-0.2, 0) is 9.53 Å². The van der Waals surface area contributed by atoms with Gasteiger partial charge in [-0.15, -0.1) is 0 Å². The third-order valence-electron chi connectivity index (χ3n) is 5.68. The number of carbonyl (C=O) groups excluding carboxylic acids is 2. The highest BCUT2D eigenvalue weighted by Crippen LogP contribution is 2.22. The smallest absolute Gasteiger partial charge is 0.317 e. The third kappa shape index (κ3) is 8.05. The maximum atomic E-state index is 12.8. The summed E-state index contributed by atoms with van der Waals surface area (Å²) in [5.74, 6) is 0. The van der Waals surface area contributed by atoms with Crippen molar-refractivity contribution in [3.63, 3.8) is 0 Å². The summed E-state index contributed by atoms with van der Waals surface area (Å²) in [4.78, 5) is 27.6. The summed E-state index contributed by atoms with van der Waals surface area (Å²) in [6, 6.07) is 0.673. The zero-order valence-electron chi connectivity index (χ0n) is 17.1. The number of rotatable bonds is 10. The van der Waals surface area contributed by atoms with Gasteiger partial charge in [-0.1, -0.05) is 19.3 Å². The molecule has 0 radical (unpaired) electrons. The Morgan fingerprint density at radius 1 is 1.19 bits per heavy atom. The van der Waals surface area contributed by atoms with Gasteiger partial charge in [-0.25, -0.2) is 4.79 Å². The molecule has 1 saturated heterocycles. The van der Waals surface area contributed by atoms with Gasteiger partial charge in [0.05, 0.1) is 6.61 Å². The lowest BCUT2D eigenvalue weighted by molar-refractivity contribution is -0.114. The molecule has 2 unspecified atom stereocenters. The molecule has 0 spiro atoms. The van der Waals surface area contributed by atoms with Gasteiger partial charge in [0, 0.05) is 31.6 Å². The molecule has 7 nitrogen and oxygen atoms in total. The second-order valence-corrected chi connectivity index (χ2v) is 8.15. The van der Waals surface area contributed by atoms with Gasteiger partial charge in [-0.3, -0.25) is 4.79 Å². The fraction of sp³-hybridized carbons (Fsp3) is 0.900. The lowest BCUT2D eigenvalue weighted by atomic mass is 9.95. The molecule has 27 heavy (non-hydrogen) atoms. The highest BCUT2D eigenvalue weighted by molar-refractivity contribution is 5.75. The Balaban J connectivity index is 1.77. The number of ether oxygens (including phenoxy) is 1. The summed E-state index contributed by atoms with van der Waals surface area (Å²) in [5.41, 5.74) is 0. The SMILES string of the molecule is CN(C)CCC(NC=O)OCCC1CCCCN1C(=O)NC1CCCCC1. The Kier molecular flexibility index (Phi) is 9.91. The van der Waals surface area contributed by atoms with E-state index >= 15 is 0 Å². The van der Waals surface area contributed by atoms with Crippen molar-refractivity contribution in [3.05, 3.63) is 0 Å². The molecule has 2 N–H and O–H groups in total. The number of urea groups is 1. The zero-order chi connectivity index (χ0) is 19.5. The number of hydrogen-bond donors (Lipinski definition) is 2. The van der Waals surface area contributed by atoms with Crippen LogP contribution in [0.15, 0.2) is 0 Å². The quantitative estimate of drug-likeness (QED) is 0.449. The van der Waals surface area contributed by atoms with Gasteiger partial charge in [-0.2, -0.15) is 0 Å². The first-order valence-corrected chi connectivity index (χ1v) is 10.6. The Morgan fingerprint density at radius 3 is 2.63 bits per heavy atom. The number of nitrogens with one attached hydrogen (secondary N) is 2. The number of carbonyl (C=O) groups is 2. The Hall–Kier alpha value is -1.34. The van der Waals surface area contributed by atoms with E-state index in [0.717, 1.165) is 58.0 Å². The van der Waals surface area contributed by atoms with E-state index in [4.69, 9.17) is 4.74 Å². The van der Waals surface area contributed by atoms with Crippen LogP contribution in [-0.4, -0.2) is 74.3 Å². The van der Waals surface area contributed by atoms with Crippen molar-refractivity contribution in [2.45, 2.75) is 82.5 Å². The van der Waals surface area contributed by atoms with Gasteiger partial charge >= 0.3 is 6.03 Å². The standard InChI is InChI=1S/C20H38N4O3/c1-23(2)14-11-19(21-16-25)27-15-12-18-10-6-7-13-24(18)20(26)22-17-8-4-3-5-9-17/h16-19H,3-15H2,1-2H3,(H,21,25)(H,22,26). The molecule has 1 aliphatic heterocycles. The van der Waals surface area contributed by atoms with Crippen LogP contribution in [0.2, 0.25) is 0 Å². The maximum Gasteiger partial charge on any atom is 0.317 e. The van der Waals surface area contributed by atoms with Crippen molar-refractivity contribution in [1.29, 1.82) is 0 Å². The van der Waals surface area contributed by atoms with Gasteiger partial charge < -0.3 is 25.2 Å². The van der Waals surface area contributed by atoms with Crippen LogP contribution in [0.1, 0.15) is 64.2 Å². The molecule has 2 rings (SSSR count). The number of piperidine rings is 1. The van der Waals surface area contributed by atoms with Crippen LogP contribution < -0.4 is 10.6 Å². The Morgan fingerprint density at radius 2 is 1.93 bits per heavy atom. The van der Waals surface area contributed by atoms with E-state index in [-0.39, 0.29) is 18.3 Å². The average Bonchev–Trinajstić information content (AvgIpc) is 2.67. The molecule has 0 bridgehead atoms. The molecule has 0 aromatic carbocycles. The molecular weight excluding hydrogens is 344 g/mol. The first-order valence-electron chi connectivity index (χ1n) is 10.6. The number of hydrogen-bond acceptors (Lipinski definition) is 4. The van der Waals surface area contributed by atoms with Crippen molar-refractivity contribution in [2.75, 3.05) is 33.8 Å². The van der Waals surface area contributed by atoms with Crippen molar-refractivity contribution < 1.29 is 14.3 Å². The summed E-state index contributed by atoms with van der Waals surface area (Å²) in [5, 5.41) is 5.99. The normalized spacial score (nSPS) is 22.5. The van der Waals surface area contributed by atoms with Crippen molar-refractivity contribution in [3.8, 4) is 0 Å². The number of likely N-dealkylation sites (tertiary alicyclic amines) is 1. The summed E-state index contributed by atoms with van der Waals surface area (Å²) in [6.45, 7) is 2.24. The molecule has 2 fully saturated rings. The summed E-state index contributed by atoms with van der Waals surface area (Å²) in [7, 11) is 4.01. The van der Waals surface area contributed by atoms with Crippen molar-refractivity contribution in [2.24, 2.45) is 0 Å². The molecule has 156 valence electrons. The predicted molar refractivity (Wildman–Crippen MR) is 106 cm³/mol. The molecule has 2 aliphatic rings. The number of nitrogens with zero attached hydrogens (tertiary/aromatic N) is 2. The molecule has 1 saturated carbocycles. The van der Waals surface area contributed by atoms with Crippen LogP contribution in [0.5, 0.6) is 0 Å². The van der Waals surface area contributed by atoms with E-state index in [1.165, 1.54) is 19.3 Å². The summed E-state index contributed by atoms with van der Waals surface area (Å²) < 4.78 is 5.89. The fourth-order valence-corrected chi connectivity index (χ4v) is 4.08. The van der Waals surface area contributed by atoms with E-state index in [2.05, 4.69) is 15.5 Å². The van der Waals surface area contributed by atoms with E-state index in [1.54, 1.807) is 0 Å². The van der Waals surface area contributed by atoms with Gasteiger partial charge in [0.15, 0.2) is 0 Å². The maximum absolute atomic E-state index is 12.8. The minimum atomic E-state index is -0.266. The largest absolute Gasteiger partial charge is 0.358 e. The Bertz CT molecular complexity index is 441. The fourth-order valence-electron chi connectivity index (χ4n) is 4.08. The molecule has 0 aromatic heterocycles. The topological polar surface area (TPSA) is 73.9 Å². The van der Waals surface area contributed by atoms with Gasteiger partial charge in [0.25, 0.3) is 0 Å². The van der Waals surface area contributed by atoms with Gasteiger partial charge in [-0.05, 0) is 52.6 Å². The Labute approximate surface area is 164 Å². The lowest BCUT2D eigenvalue weighted by Crippen LogP contribution is -2.52. The summed E-state index contributed by atoms with van der Waals surface area (Å²) in [6.07, 6.45) is 11.2. The molecule has 0 aromatic rings. The van der Waals surface area contributed by atoms with E-state index in [0.29, 0.717) is 19.1 Å². The van der Waals surface area contributed by atoms with Crippen molar-refractivity contribution in [1.82, 2.24) is 20.4 Å². The number of amides is 3. The average molecular weight is 383 g/mol. The van der Waals surface area contributed by atoms with Gasteiger partial charge in [0.1, 0.15) is 6.23 Å². The molecule has 2 atom stereocenters. The molecular formula is C20H38N4O3. The third-order valence-corrected chi connectivity index (χ3v) is 5.68. The minimum absolute atomic E-state index is 0.0989.